The summed E-state index contributed by atoms with van der Waals surface area (Å²) in [5.74, 6) is 0.855. The Labute approximate surface area is 132 Å². The molecule has 23 heavy (non-hydrogen) atoms. The molecule has 0 saturated heterocycles. The summed E-state index contributed by atoms with van der Waals surface area (Å²) in [6.07, 6.45) is 0. The summed E-state index contributed by atoms with van der Waals surface area (Å²) in [6, 6.07) is 14.3. The minimum absolute atomic E-state index is 0.0745. The number of hydrogen-bond acceptors (Lipinski definition) is 6. The van der Waals surface area contributed by atoms with E-state index in [4.69, 9.17) is 4.42 Å². The fourth-order valence-corrected chi connectivity index (χ4v) is 2.21. The lowest BCUT2D eigenvalue weighted by atomic mass is 10.1. The van der Waals surface area contributed by atoms with E-state index in [1.54, 1.807) is 19.1 Å². The first-order valence-corrected chi connectivity index (χ1v) is 7.01. The summed E-state index contributed by atoms with van der Waals surface area (Å²) < 4.78 is 5.59. The summed E-state index contributed by atoms with van der Waals surface area (Å²) in [5, 5.41) is 22.0. The van der Waals surface area contributed by atoms with Gasteiger partial charge in [-0.2, -0.15) is 0 Å². The van der Waals surface area contributed by atoms with Crippen LogP contribution in [0.4, 0.5) is 11.4 Å². The molecule has 2 aromatic carbocycles. The van der Waals surface area contributed by atoms with E-state index in [2.05, 4.69) is 15.5 Å². The molecule has 0 radical (unpaired) electrons. The number of nitrogens with one attached hydrogen (secondary N) is 1. The van der Waals surface area contributed by atoms with E-state index in [1.165, 1.54) is 6.07 Å². The maximum Gasteiger partial charge on any atom is 0.274 e. The fraction of sp³-hybridized carbons (Fsp3) is 0.125. The van der Waals surface area contributed by atoms with Gasteiger partial charge in [0.05, 0.1) is 11.5 Å². The van der Waals surface area contributed by atoms with Gasteiger partial charge >= 0.3 is 0 Å². The molecule has 7 nitrogen and oxygen atoms in total. The Kier molecular flexibility index (Phi) is 4.01. The van der Waals surface area contributed by atoms with Crippen LogP contribution in [0.5, 0.6) is 0 Å². The van der Waals surface area contributed by atoms with Crippen molar-refractivity contribution in [1.29, 1.82) is 0 Å². The van der Waals surface area contributed by atoms with E-state index in [0.717, 1.165) is 5.56 Å². The molecule has 0 aliphatic carbocycles. The Morgan fingerprint density at radius 1 is 1.13 bits per heavy atom. The predicted octanol–water partition coefficient (Wildman–Crippen LogP) is 3.57. The van der Waals surface area contributed by atoms with Gasteiger partial charge in [0.25, 0.3) is 5.69 Å². The highest BCUT2D eigenvalue weighted by Gasteiger charge is 2.14. The van der Waals surface area contributed by atoms with Crippen molar-refractivity contribution in [3.8, 4) is 11.5 Å². The van der Waals surface area contributed by atoms with Crippen molar-refractivity contribution in [3.63, 3.8) is 0 Å². The van der Waals surface area contributed by atoms with E-state index in [1.807, 2.05) is 30.3 Å². The van der Waals surface area contributed by atoms with Crippen molar-refractivity contribution >= 4 is 11.4 Å². The molecule has 3 aromatic rings. The molecule has 1 aromatic heterocycles. The van der Waals surface area contributed by atoms with E-state index in [-0.39, 0.29) is 5.69 Å². The molecular formula is C16H14N4O3. The molecule has 1 N–H and O–H groups in total. The topological polar surface area (TPSA) is 94.1 Å². The van der Waals surface area contributed by atoms with Crippen molar-refractivity contribution in [2.24, 2.45) is 0 Å². The van der Waals surface area contributed by atoms with E-state index in [9.17, 15) is 10.1 Å². The number of nitrogens with zero attached hydrogens (tertiary/aromatic N) is 3. The number of nitro groups is 1. The molecule has 116 valence electrons. The maximum atomic E-state index is 10.9. The van der Waals surface area contributed by atoms with Gasteiger partial charge in [0.2, 0.25) is 11.8 Å². The number of aromatic nitrogens is 2. The van der Waals surface area contributed by atoms with Crippen LogP contribution in [0, 0.1) is 17.0 Å². The quantitative estimate of drug-likeness (QED) is 0.572. The third-order valence-corrected chi connectivity index (χ3v) is 3.42. The van der Waals surface area contributed by atoms with Gasteiger partial charge in [0.15, 0.2) is 0 Å². The molecule has 0 fully saturated rings. The third-order valence-electron chi connectivity index (χ3n) is 3.42. The van der Waals surface area contributed by atoms with Gasteiger partial charge in [-0.25, -0.2) is 0 Å². The Morgan fingerprint density at radius 2 is 1.91 bits per heavy atom. The predicted molar refractivity (Wildman–Crippen MR) is 84.9 cm³/mol. The summed E-state index contributed by atoms with van der Waals surface area (Å²) in [5.41, 5.74) is 2.15. The molecule has 0 spiro atoms. The van der Waals surface area contributed by atoms with Crippen LogP contribution >= 0.6 is 0 Å². The third kappa shape index (κ3) is 3.18. The average molecular weight is 310 g/mol. The minimum Gasteiger partial charge on any atom is -0.419 e. The summed E-state index contributed by atoms with van der Waals surface area (Å²) >= 11 is 0. The standard InChI is InChI=1S/C16H14N4O3/c1-11-13(8-5-9-14(11)20(21)22)17-10-15-18-19-16(23-15)12-6-3-2-4-7-12/h2-9,17H,10H2,1H3. The first-order valence-electron chi connectivity index (χ1n) is 7.01. The molecular weight excluding hydrogens is 296 g/mol. The van der Waals surface area contributed by atoms with Crippen molar-refractivity contribution in [1.82, 2.24) is 10.2 Å². The van der Waals surface area contributed by atoms with Crippen LogP contribution in [-0.4, -0.2) is 15.1 Å². The van der Waals surface area contributed by atoms with Gasteiger partial charge < -0.3 is 9.73 Å². The zero-order valence-corrected chi connectivity index (χ0v) is 12.4. The summed E-state index contributed by atoms with van der Waals surface area (Å²) in [6.45, 7) is 1.99. The largest absolute Gasteiger partial charge is 0.419 e. The van der Waals surface area contributed by atoms with Crippen LogP contribution in [0.25, 0.3) is 11.5 Å². The number of nitro benzene ring substituents is 1. The second kappa shape index (κ2) is 6.27. The van der Waals surface area contributed by atoms with Crippen molar-refractivity contribution in [3.05, 3.63) is 70.1 Å². The zero-order chi connectivity index (χ0) is 16.2. The van der Waals surface area contributed by atoms with Gasteiger partial charge in [-0.15, -0.1) is 10.2 Å². The van der Waals surface area contributed by atoms with Crippen molar-refractivity contribution < 1.29 is 9.34 Å². The summed E-state index contributed by atoms with van der Waals surface area (Å²) in [4.78, 5) is 10.5. The molecule has 0 aliphatic rings. The number of benzene rings is 2. The van der Waals surface area contributed by atoms with Crippen molar-refractivity contribution in [2.45, 2.75) is 13.5 Å². The Balaban J connectivity index is 1.74. The van der Waals surface area contributed by atoms with E-state index < -0.39 is 4.92 Å². The highest BCUT2D eigenvalue weighted by atomic mass is 16.6. The second-order valence-corrected chi connectivity index (χ2v) is 4.93. The molecule has 0 amide bonds. The van der Waals surface area contributed by atoms with Gasteiger partial charge in [0.1, 0.15) is 0 Å². The highest BCUT2D eigenvalue weighted by Crippen LogP contribution is 2.25. The molecule has 3 rings (SSSR count). The van der Waals surface area contributed by atoms with Gasteiger partial charge in [-0.05, 0) is 25.1 Å². The summed E-state index contributed by atoms with van der Waals surface area (Å²) in [7, 11) is 0. The highest BCUT2D eigenvalue weighted by molar-refractivity contribution is 5.59. The molecule has 0 saturated carbocycles. The normalized spacial score (nSPS) is 10.5. The molecule has 1 heterocycles. The van der Waals surface area contributed by atoms with Gasteiger partial charge in [0, 0.05) is 22.9 Å². The molecule has 0 atom stereocenters. The first kappa shape index (κ1) is 14.7. The average Bonchev–Trinajstić information content (AvgIpc) is 3.03. The lowest BCUT2D eigenvalue weighted by Gasteiger charge is -2.07. The van der Waals surface area contributed by atoms with Crippen LogP contribution in [0.2, 0.25) is 0 Å². The first-order chi connectivity index (χ1) is 11.1. The fourth-order valence-electron chi connectivity index (χ4n) is 2.21. The van der Waals surface area contributed by atoms with Crippen molar-refractivity contribution in [2.75, 3.05) is 5.32 Å². The molecule has 0 unspecified atom stereocenters. The van der Waals surface area contributed by atoms with Crippen LogP contribution < -0.4 is 5.32 Å². The smallest absolute Gasteiger partial charge is 0.274 e. The molecule has 7 heteroatoms. The Hall–Kier alpha value is -3.22. The molecule has 0 aliphatic heterocycles. The number of anilines is 1. The van der Waals surface area contributed by atoms with E-state index >= 15 is 0 Å². The Morgan fingerprint density at radius 3 is 2.65 bits per heavy atom. The zero-order valence-electron chi connectivity index (χ0n) is 12.4. The number of hydrogen-bond donors (Lipinski definition) is 1. The van der Waals surface area contributed by atoms with Crippen LogP contribution in [-0.2, 0) is 6.54 Å². The van der Waals surface area contributed by atoms with E-state index in [0.29, 0.717) is 29.6 Å². The van der Waals surface area contributed by atoms with Crippen LogP contribution in [0.1, 0.15) is 11.5 Å². The van der Waals surface area contributed by atoms with Gasteiger partial charge in [-0.3, -0.25) is 10.1 Å². The lowest BCUT2D eigenvalue weighted by molar-refractivity contribution is -0.385. The SMILES string of the molecule is Cc1c(NCc2nnc(-c3ccccc3)o2)cccc1[N+](=O)[O-]. The monoisotopic (exact) mass is 310 g/mol. The second-order valence-electron chi connectivity index (χ2n) is 4.93. The van der Waals surface area contributed by atoms with Gasteiger partial charge in [-0.1, -0.05) is 24.3 Å². The van der Waals surface area contributed by atoms with Crippen LogP contribution in [0.3, 0.4) is 0 Å². The maximum absolute atomic E-state index is 10.9. The van der Waals surface area contributed by atoms with Crippen LogP contribution in [0.15, 0.2) is 52.9 Å². The lowest BCUT2D eigenvalue weighted by Crippen LogP contribution is -2.03. The molecule has 0 bridgehead atoms. The minimum atomic E-state index is -0.402. The Bertz CT molecular complexity index is 830. The number of rotatable bonds is 5.